The predicted octanol–water partition coefficient (Wildman–Crippen LogP) is 1.56. The molecular formula is C22H34IN5O2. The van der Waals surface area contributed by atoms with Gasteiger partial charge in [0.2, 0.25) is 5.91 Å². The number of benzene rings is 1. The molecule has 166 valence electrons. The standard InChI is InChI=1S/C22H33N5O2.HI/c1-2-23-22(27-10-8-20(17-27)25-11-13-29-14-12-25)24-15-21(28)26-9-7-18-5-3-4-6-19(18)16-26;/h3-6,20H,2,7-17H2,1H3,(H,23,24);1H. The maximum Gasteiger partial charge on any atom is 0.244 e. The number of ether oxygens (including phenoxy) is 1. The average molecular weight is 527 g/mol. The number of hydrogen-bond acceptors (Lipinski definition) is 4. The number of nitrogens with one attached hydrogen (secondary N) is 1. The Balaban J connectivity index is 0.00000256. The van der Waals surface area contributed by atoms with Crippen molar-refractivity contribution in [2.24, 2.45) is 4.99 Å². The van der Waals surface area contributed by atoms with E-state index in [9.17, 15) is 4.79 Å². The number of fused-ring (bicyclic) bond motifs is 1. The van der Waals surface area contributed by atoms with Crippen molar-refractivity contribution in [2.45, 2.75) is 32.4 Å². The van der Waals surface area contributed by atoms with Gasteiger partial charge in [0.15, 0.2) is 5.96 Å². The number of amides is 1. The zero-order valence-electron chi connectivity index (χ0n) is 17.9. The minimum Gasteiger partial charge on any atom is -0.379 e. The van der Waals surface area contributed by atoms with E-state index < -0.39 is 0 Å². The van der Waals surface area contributed by atoms with Crippen LogP contribution in [0.2, 0.25) is 0 Å². The van der Waals surface area contributed by atoms with Crippen LogP contribution in [0.5, 0.6) is 0 Å². The van der Waals surface area contributed by atoms with E-state index >= 15 is 0 Å². The SMILES string of the molecule is CCNC(=NCC(=O)N1CCc2ccccc2C1)N1CCC(N2CCOCC2)C1.I. The van der Waals surface area contributed by atoms with Gasteiger partial charge in [0.05, 0.1) is 13.2 Å². The van der Waals surface area contributed by atoms with E-state index in [1.807, 2.05) is 11.0 Å². The molecule has 0 bridgehead atoms. The Labute approximate surface area is 196 Å². The van der Waals surface area contributed by atoms with Gasteiger partial charge in [0.25, 0.3) is 0 Å². The molecule has 30 heavy (non-hydrogen) atoms. The molecule has 1 amide bonds. The molecule has 8 heteroatoms. The van der Waals surface area contributed by atoms with Crippen LogP contribution in [0.25, 0.3) is 0 Å². The van der Waals surface area contributed by atoms with Crippen LogP contribution in [0.15, 0.2) is 29.3 Å². The number of carbonyl (C=O) groups excluding carboxylic acids is 1. The lowest BCUT2D eigenvalue weighted by Crippen LogP contribution is -2.47. The molecule has 1 aromatic carbocycles. The van der Waals surface area contributed by atoms with E-state index in [1.165, 1.54) is 11.1 Å². The maximum atomic E-state index is 12.8. The van der Waals surface area contributed by atoms with Crippen LogP contribution >= 0.6 is 24.0 Å². The minimum atomic E-state index is 0. The summed E-state index contributed by atoms with van der Waals surface area (Å²) in [5.41, 5.74) is 2.62. The quantitative estimate of drug-likeness (QED) is 0.366. The van der Waals surface area contributed by atoms with E-state index in [0.29, 0.717) is 12.6 Å². The molecular weight excluding hydrogens is 493 g/mol. The molecule has 1 unspecified atom stereocenters. The van der Waals surface area contributed by atoms with Crippen molar-refractivity contribution in [3.05, 3.63) is 35.4 Å². The molecule has 4 rings (SSSR count). The molecule has 2 fully saturated rings. The molecule has 7 nitrogen and oxygen atoms in total. The van der Waals surface area contributed by atoms with Crippen LogP contribution in [-0.2, 0) is 22.5 Å². The maximum absolute atomic E-state index is 12.8. The summed E-state index contributed by atoms with van der Waals surface area (Å²) in [6, 6.07) is 8.96. The van der Waals surface area contributed by atoms with Crippen LogP contribution in [0.3, 0.4) is 0 Å². The third-order valence-corrected chi connectivity index (χ3v) is 6.21. The van der Waals surface area contributed by atoms with Gasteiger partial charge in [0.1, 0.15) is 6.54 Å². The van der Waals surface area contributed by atoms with E-state index in [0.717, 1.165) is 71.3 Å². The lowest BCUT2D eigenvalue weighted by atomic mass is 10.00. The van der Waals surface area contributed by atoms with Crippen LogP contribution in [0.4, 0.5) is 0 Å². The van der Waals surface area contributed by atoms with Crippen molar-refractivity contribution < 1.29 is 9.53 Å². The fourth-order valence-corrected chi connectivity index (χ4v) is 4.55. The van der Waals surface area contributed by atoms with Crippen molar-refractivity contribution >= 4 is 35.8 Å². The number of likely N-dealkylation sites (tertiary alicyclic amines) is 1. The largest absolute Gasteiger partial charge is 0.379 e. The topological polar surface area (TPSA) is 60.4 Å². The average Bonchev–Trinajstić information content (AvgIpc) is 3.27. The van der Waals surface area contributed by atoms with Crippen molar-refractivity contribution in [3.8, 4) is 0 Å². The highest BCUT2D eigenvalue weighted by atomic mass is 127. The fourth-order valence-electron chi connectivity index (χ4n) is 4.55. The van der Waals surface area contributed by atoms with Gasteiger partial charge in [-0.15, -0.1) is 24.0 Å². The van der Waals surface area contributed by atoms with Crippen LogP contribution in [0, 0.1) is 0 Å². The van der Waals surface area contributed by atoms with E-state index in [2.05, 4.69) is 40.2 Å². The number of halogens is 1. The Bertz CT molecular complexity index is 738. The summed E-state index contributed by atoms with van der Waals surface area (Å²) >= 11 is 0. The predicted molar refractivity (Wildman–Crippen MR) is 129 cm³/mol. The normalized spacial score (nSPS) is 22.4. The van der Waals surface area contributed by atoms with E-state index in [1.54, 1.807) is 0 Å². The van der Waals surface area contributed by atoms with Gasteiger partial charge in [0, 0.05) is 51.9 Å². The molecule has 2 saturated heterocycles. The number of aliphatic imine (C=N–C) groups is 1. The number of rotatable bonds is 4. The van der Waals surface area contributed by atoms with Crippen molar-refractivity contribution in [2.75, 3.05) is 59.0 Å². The molecule has 3 heterocycles. The molecule has 1 N–H and O–H groups in total. The molecule has 0 saturated carbocycles. The van der Waals surface area contributed by atoms with Crippen molar-refractivity contribution in [1.29, 1.82) is 0 Å². The van der Waals surface area contributed by atoms with Gasteiger partial charge >= 0.3 is 0 Å². The lowest BCUT2D eigenvalue weighted by Gasteiger charge is -2.32. The van der Waals surface area contributed by atoms with Gasteiger partial charge in [-0.05, 0) is 30.9 Å². The van der Waals surface area contributed by atoms with Gasteiger partial charge in [-0.1, -0.05) is 24.3 Å². The molecule has 1 aromatic rings. The number of morpholine rings is 1. The first-order chi connectivity index (χ1) is 14.2. The Morgan fingerprint density at radius 2 is 1.90 bits per heavy atom. The molecule has 0 radical (unpaired) electrons. The molecule has 3 aliphatic rings. The highest BCUT2D eigenvalue weighted by Gasteiger charge is 2.30. The van der Waals surface area contributed by atoms with Gasteiger partial charge in [-0.3, -0.25) is 9.69 Å². The monoisotopic (exact) mass is 527 g/mol. The van der Waals surface area contributed by atoms with Gasteiger partial charge in [-0.25, -0.2) is 4.99 Å². The minimum absolute atomic E-state index is 0. The smallest absolute Gasteiger partial charge is 0.244 e. The summed E-state index contributed by atoms with van der Waals surface area (Å²) < 4.78 is 5.48. The van der Waals surface area contributed by atoms with Crippen molar-refractivity contribution in [1.82, 2.24) is 20.0 Å². The molecule has 0 spiro atoms. The Hall–Kier alpha value is -1.39. The first kappa shape index (κ1) is 23.3. The number of nitrogens with zero attached hydrogens (tertiary/aromatic N) is 4. The van der Waals surface area contributed by atoms with Crippen LogP contribution < -0.4 is 5.32 Å². The second kappa shape index (κ2) is 11.3. The van der Waals surface area contributed by atoms with Crippen molar-refractivity contribution in [3.63, 3.8) is 0 Å². The lowest BCUT2D eigenvalue weighted by molar-refractivity contribution is -0.130. The molecule has 3 aliphatic heterocycles. The van der Waals surface area contributed by atoms with Crippen LogP contribution in [-0.4, -0.2) is 91.6 Å². The second-order valence-corrected chi connectivity index (χ2v) is 8.04. The Morgan fingerprint density at radius 1 is 1.13 bits per heavy atom. The Morgan fingerprint density at radius 3 is 2.67 bits per heavy atom. The molecule has 0 aliphatic carbocycles. The highest BCUT2D eigenvalue weighted by molar-refractivity contribution is 14.0. The zero-order chi connectivity index (χ0) is 20.1. The first-order valence-corrected chi connectivity index (χ1v) is 10.9. The third-order valence-electron chi connectivity index (χ3n) is 6.21. The van der Waals surface area contributed by atoms with Gasteiger partial charge in [-0.2, -0.15) is 0 Å². The first-order valence-electron chi connectivity index (χ1n) is 10.9. The molecule has 1 atom stereocenters. The summed E-state index contributed by atoms with van der Waals surface area (Å²) in [5, 5.41) is 3.38. The fraction of sp³-hybridized carbons (Fsp3) is 0.636. The number of guanidine groups is 1. The number of carbonyl (C=O) groups is 1. The third kappa shape index (κ3) is 5.64. The van der Waals surface area contributed by atoms with E-state index in [4.69, 9.17) is 9.73 Å². The Kier molecular flexibility index (Phi) is 8.76. The number of hydrogen-bond donors (Lipinski definition) is 1. The summed E-state index contributed by atoms with van der Waals surface area (Å²) in [7, 11) is 0. The summed E-state index contributed by atoms with van der Waals surface area (Å²) in [6.07, 6.45) is 2.07. The zero-order valence-corrected chi connectivity index (χ0v) is 20.2. The summed E-state index contributed by atoms with van der Waals surface area (Å²) in [5.74, 6) is 0.979. The second-order valence-electron chi connectivity index (χ2n) is 8.04. The molecule has 0 aromatic heterocycles. The highest BCUT2D eigenvalue weighted by Crippen LogP contribution is 2.19. The summed E-state index contributed by atoms with van der Waals surface area (Å²) in [6.45, 7) is 10.2. The van der Waals surface area contributed by atoms with E-state index in [-0.39, 0.29) is 36.4 Å². The van der Waals surface area contributed by atoms with Gasteiger partial charge < -0.3 is 19.9 Å². The van der Waals surface area contributed by atoms with Crippen LogP contribution in [0.1, 0.15) is 24.5 Å². The summed E-state index contributed by atoms with van der Waals surface area (Å²) in [4.78, 5) is 24.3.